The Morgan fingerprint density at radius 3 is 2.56 bits per heavy atom. The largest absolute Gasteiger partial charge is 0.366 e. The summed E-state index contributed by atoms with van der Waals surface area (Å²) in [5.74, 6) is -0.597. The van der Waals surface area contributed by atoms with Crippen molar-refractivity contribution in [3.8, 4) is 0 Å². The first kappa shape index (κ1) is 14.2. The summed E-state index contributed by atoms with van der Waals surface area (Å²) in [6.07, 6.45) is 0. The highest BCUT2D eigenvalue weighted by molar-refractivity contribution is 5.92. The van der Waals surface area contributed by atoms with Crippen molar-refractivity contribution in [1.29, 1.82) is 0 Å². The molecule has 0 fully saturated rings. The molecular formula is C13H19N3O2. The highest BCUT2D eigenvalue weighted by atomic mass is 16.2. The van der Waals surface area contributed by atoms with Crippen LogP contribution in [0.1, 0.15) is 29.8 Å². The van der Waals surface area contributed by atoms with Gasteiger partial charge in [0.25, 0.3) is 0 Å². The van der Waals surface area contributed by atoms with Gasteiger partial charge in [0, 0.05) is 18.7 Å². The van der Waals surface area contributed by atoms with Crippen molar-refractivity contribution in [2.45, 2.75) is 20.4 Å². The van der Waals surface area contributed by atoms with Gasteiger partial charge in [-0.05, 0) is 31.5 Å². The average Bonchev–Trinajstić information content (AvgIpc) is 2.36. The minimum atomic E-state index is -0.596. The predicted molar refractivity (Wildman–Crippen MR) is 69.6 cm³/mol. The maximum Gasteiger partial charge on any atom is 0.248 e. The first-order chi connectivity index (χ1) is 8.36. The van der Waals surface area contributed by atoms with Crippen molar-refractivity contribution in [3.63, 3.8) is 0 Å². The predicted octanol–water partition coefficient (Wildman–Crippen LogP) is 0.387. The smallest absolute Gasteiger partial charge is 0.248 e. The van der Waals surface area contributed by atoms with E-state index in [0.29, 0.717) is 12.1 Å². The van der Waals surface area contributed by atoms with Gasteiger partial charge in [-0.2, -0.15) is 0 Å². The average molecular weight is 249 g/mol. The van der Waals surface area contributed by atoms with Gasteiger partial charge < -0.3 is 16.8 Å². The quantitative estimate of drug-likeness (QED) is 0.703. The number of hydrogen-bond donors (Lipinski definition) is 3. The Morgan fingerprint density at radius 2 is 2.00 bits per heavy atom. The van der Waals surface area contributed by atoms with Gasteiger partial charge in [-0.3, -0.25) is 9.59 Å². The summed E-state index contributed by atoms with van der Waals surface area (Å²) < 4.78 is 0. The van der Waals surface area contributed by atoms with Gasteiger partial charge in [-0.15, -0.1) is 0 Å². The van der Waals surface area contributed by atoms with Crippen LogP contribution in [0.4, 0.5) is 0 Å². The van der Waals surface area contributed by atoms with E-state index in [4.69, 9.17) is 11.5 Å². The monoisotopic (exact) mass is 249 g/mol. The molecule has 0 saturated heterocycles. The minimum absolute atomic E-state index is 0.116. The topological polar surface area (TPSA) is 98.2 Å². The van der Waals surface area contributed by atoms with Crippen molar-refractivity contribution in [3.05, 3.63) is 35.4 Å². The van der Waals surface area contributed by atoms with E-state index in [1.54, 1.807) is 32.0 Å². The molecular weight excluding hydrogens is 230 g/mol. The molecule has 5 N–H and O–H groups in total. The van der Waals surface area contributed by atoms with Crippen LogP contribution >= 0.6 is 0 Å². The lowest BCUT2D eigenvalue weighted by molar-refractivity contribution is -0.129. The van der Waals surface area contributed by atoms with Crippen LogP contribution in [-0.2, 0) is 11.3 Å². The van der Waals surface area contributed by atoms with E-state index >= 15 is 0 Å². The number of primary amides is 1. The molecule has 18 heavy (non-hydrogen) atoms. The normalized spacial score (nSPS) is 11.1. The van der Waals surface area contributed by atoms with Crippen molar-refractivity contribution < 1.29 is 9.59 Å². The fourth-order valence-electron chi connectivity index (χ4n) is 1.35. The highest BCUT2D eigenvalue weighted by Crippen LogP contribution is 2.13. The molecule has 0 aliphatic rings. The van der Waals surface area contributed by atoms with Gasteiger partial charge in [-0.25, -0.2) is 0 Å². The zero-order chi connectivity index (χ0) is 13.8. The molecule has 0 saturated carbocycles. The van der Waals surface area contributed by atoms with Crippen LogP contribution in [0.2, 0.25) is 0 Å². The molecule has 1 aromatic rings. The molecule has 0 unspecified atom stereocenters. The fourth-order valence-corrected chi connectivity index (χ4v) is 1.35. The Balaban J connectivity index is 2.67. The zero-order valence-corrected chi connectivity index (χ0v) is 10.7. The van der Waals surface area contributed by atoms with Crippen molar-refractivity contribution in [1.82, 2.24) is 5.32 Å². The zero-order valence-electron chi connectivity index (χ0n) is 10.7. The Kier molecular flexibility index (Phi) is 4.44. The van der Waals surface area contributed by atoms with Crippen LogP contribution in [0.25, 0.3) is 0 Å². The number of benzene rings is 1. The van der Waals surface area contributed by atoms with Crippen LogP contribution in [-0.4, -0.2) is 18.4 Å². The van der Waals surface area contributed by atoms with Crippen LogP contribution in [0.5, 0.6) is 0 Å². The van der Waals surface area contributed by atoms with E-state index in [9.17, 15) is 9.59 Å². The Labute approximate surface area is 107 Å². The first-order valence-electron chi connectivity index (χ1n) is 5.74. The van der Waals surface area contributed by atoms with Crippen molar-refractivity contribution in [2.75, 3.05) is 6.54 Å². The van der Waals surface area contributed by atoms with Gasteiger partial charge in [0.05, 0.1) is 5.41 Å². The third kappa shape index (κ3) is 3.56. The van der Waals surface area contributed by atoms with E-state index in [1.165, 1.54) is 0 Å². The Bertz CT molecular complexity index is 455. The molecule has 1 aromatic carbocycles. The standard InChI is InChI=1S/C13H19N3O2/c1-13(2,8-14)12(18)16-7-9-4-3-5-10(6-9)11(15)17/h3-6H,7-8,14H2,1-2H3,(H2,15,17)(H,16,18). The summed E-state index contributed by atoms with van der Waals surface area (Å²) in [5, 5.41) is 2.79. The third-order valence-corrected chi connectivity index (χ3v) is 2.79. The summed E-state index contributed by atoms with van der Waals surface area (Å²) in [6.45, 7) is 4.19. The van der Waals surface area contributed by atoms with E-state index in [-0.39, 0.29) is 12.5 Å². The van der Waals surface area contributed by atoms with Crippen LogP contribution in [0, 0.1) is 5.41 Å². The van der Waals surface area contributed by atoms with E-state index in [2.05, 4.69) is 5.32 Å². The molecule has 0 atom stereocenters. The summed E-state index contributed by atoms with van der Waals surface area (Å²) in [4.78, 5) is 22.8. The number of carbonyl (C=O) groups is 2. The molecule has 0 bridgehead atoms. The number of nitrogens with one attached hydrogen (secondary N) is 1. The molecule has 0 aromatic heterocycles. The number of nitrogens with two attached hydrogens (primary N) is 2. The van der Waals surface area contributed by atoms with Crippen LogP contribution in [0.15, 0.2) is 24.3 Å². The lowest BCUT2D eigenvalue weighted by Gasteiger charge is -2.21. The maximum absolute atomic E-state index is 11.8. The number of carbonyl (C=O) groups excluding carboxylic acids is 2. The second-order valence-electron chi connectivity index (χ2n) is 4.84. The molecule has 2 amide bonds. The summed E-state index contributed by atoms with van der Waals surface area (Å²) >= 11 is 0. The summed E-state index contributed by atoms with van der Waals surface area (Å²) in [7, 11) is 0. The molecule has 0 aliphatic heterocycles. The van der Waals surface area contributed by atoms with Crippen LogP contribution < -0.4 is 16.8 Å². The molecule has 5 heteroatoms. The molecule has 0 heterocycles. The van der Waals surface area contributed by atoms with E-state index < -0.39 is 11.3 Å². The summed E-state index contributed by atoms with van der Waals surface area (Å²) in [5.41, 5.74) is 11.4. The number of hydrogen-bond acceptors (Lipinski definition) is 3. The molecule has 1 rings (SSSR count). The second-order valence-corrected chi connectivity index (χ2v) is 4.84. The fraction of sp³-hybridized carbons (Fsp3) is 0.385. The van der Waals surface area contributed by atoms with Gasteiger partial charge >= 0.3 is 0 Å². The van der Waals surface area contributed by atoms with Gasteiger partial charge in [-0.1, -0.05) is 12.1 Å². The van der Waals surface area contributed by atoms with Gasteiger partial charge in [0.1, 0.15) is 0 Å². The molecule has 0 spiro atoms. The minimum Gasteiger partial charge on any atom is -0.366 e. The lowest BCUT2D eigenvalue weighted by atomic mass is 9.92. The Morgan fingerprint density at radius 1 is 1.33 bits per heavy atom. The third-order valence-electron chi connectivity index (χ3n) is 2.79. The van der Waals surface area contributed by atoms with E-state index in [0.717, 1.165) is 5.56 Å². The molecule has 0 aliphatic carbocycles. The highest BCUT2D eigenvalue weighted by Gasteiger charge is 2.25. The second kappa shape index (κ2) is 5.64. The van der Waals surface area contributed by atoms with E-state index in [1.807, 2.05) is 6.07 Å². The van der Waals surface area contributed by atoms with Crippen molar-refractivity contribution in [2.24, 2.45) is 16.9 Å². The Hall–Kier alpha value is -1.88. The van der Waals surface area contributed by atoms with Gasteiger partial charge in [0.2, 0.25) is 11.8 Å². The number of rotatable bonds is 5. The maximum atomic E-state index is 11.8. The lowest BCUT2D eigenvalue weighted by Crippen LogP contribution is -2.41. The number of amides is 2. The summed E-state index contributed by atoms with van der Waals surface area (Å²) in [6, 6.07) is 6.85. The van der Waals surface area contributed by atoms with Gasteiger partial charge in [0.15, 0.2) is 0 Å². The van der Waals surface area contributed by atoms with Crippen molar-refractivity contribution >= 4 is 11.8 Å². The molecule has 5 nitrogen and oxygen atoms in total. The molecule has 98 valence electrons. The molecule has 0 radical (unpaired) electrons. The van der Waals surface area contributed by atoms with Crippen LogP contribution in [0.3, 0.4) is 0 Å². The first-order valence-corrected chi connectivity index (χ1v) is 5.74. The SMILES string of the molecule is CC(C)(CN)C(=O)NCc1cccc(C(N)=O)c1.